The molecule has 0 bridgehead atoms. The minimum absolute atomic E-state index is 0.224. The van der Waals surface area contributed by atoms with E-state index < -0.39 is 10.1 Å². The Labute approximate surface area is 95.1 Å². The topological polar surface area (TPSA) is 43.4 Å². The normalized spacial score (nSPS) is 11.6. The SMILES string of the molecule is CS(=O)(=O)OCCCc1ccc(Cl)cc1. The lowest BCUT2D eigenvalue weighted by Gasteiger charge is -2.02. The van der Waals surface area contributed by atoms with Crippen LogP contribution in [0.3, 0.4) is 0 Å². The first kappa shape index (κ1) is 12.5. The Morgan fingerprint density at radius 2 is 1.87 bits per heavy atom. The van der Waals surface area contributed by atoms with E-state index in [9.17, 15) is 8.42 Å². The summed E-state index contributed by atoms with van der Waals surface area (Å²) in [6, 6.07) is 7.47. The van der Waals surface area contributed by atoms with Gasteiger partial charge in [0.05, 0.1) is 12.9 Å². The first-order valence-corrected chi connectivity index (χ1v) is 6.76. The minimum atomic E-state index is -3.31. The van der Waals surface area contributed by atoms with Crippen molar-refractivity contribution >= 4 is 21.7 Å². The molecule has 0 N–H and O–H groups in total. The quantitative estimate of drug-likeness (QED) is 0.593. The third-order valence-electron chi connectivity index (χ3n) is 1.82. The third-order valence-corrected chi connectivity index (χ3v) is 2.67. The molecule has 1 aromatic carbocycles. The number of aryl methyl sites for hydroxylation is 1. The highest BCUT2D eigenvalue weighted by atomic mass is 35.5. The maximum Gasteiger partial charge on any atom is 0.264 e. The van der Waals surface area contributed by atoms with Crippen LogP contribution in [0.1, 0.15) is 12.0 Å². The zero-order chi connectivity index (χ0) is 11.3. The molecule has 0 saturated heterocycles. The fourth-order valence-electron chi connectivity index (χ4n) is 1.14. The van der Waals surface area contributed by atoms with E-state index in [0.29, 0.717) is 11.4 Å². The summed E-state index contributed by atoms with van der Waals surface area (Å²) < 4.78 is 25.9. The summed E-state index contributed by atoms with van der Waals surface area (Å²) in [5, 5.41) is 0.700. The molecule has 0 amide bonds. The van der Waals surface area contributed by atoms with Crippen LogP contribution in [0.15, 0.2) is 24.3 Å². The Morgan fingerprint density at radius 1 is 1.27 bits per heavy atom. The zero-order valence-corrected chi connectivity index (χ0v) is 10.0. The van der Waals surface area contributed by atoms with E-state index in [0.717, 1.165) is 18.2 Å². The van der Waals surface area contributed by atoms with Crippen molar-refractivity contribution in [3.05, 3.63) is 34.9 Å². The first-order valence-electron chi connectivity index (χ1n) is 4.56. The fourth-order valence-corrected chi connectivity index (χ4v) is 1.68. The fraction of sp³-hybridized carbons (Fsp3) is 0.400. The highest BCUT2D eigenvalue weighted by Gasteiger charge is 2.00. The van der Waals surface area contributed by atoms with Gasteiger partial charge >= 0.3 is 0 Å². The summed E-state index contributed by atoms with van der Waals surface area (Å²) in [6.45, 7) is 0.224. The van der Waals surface area contributed by atoms with Gasteiger partial charge in [0.1, 0.15) is 0 Å². The zero-order valence-electron chi connectivity index (χ0n) is 8.44. The van der Waals surface area contributed by atoms with Crippen LogP contribution < -0.4 is 0 Å². The number of benzene rings is 1. The molecule has 0 aliphatic heterocycles. The van der Waals surface area contributed by atoms with Gasteiger partial charge in [0.2, 0.25) is 0 Å². The predicted octanol–water partition coefficient (Wildman–Crippen LogP) is 2.25. The van der Waals surface area contributed by atoms with Crippen molar-refractivity contribution in [3.8, 4) is 0 Å². The van der Waals surface area contributed by atoms with Crippen molar-refractivity contribution in [2.24, 2.45) is 0 Å². The second-order valence-corrected chi connectivity index (χ2v) is 5.34. The lowest BCUT2D eigenvalue weighted by Crippen LogP contribution is -2.04. The smallest absolute Gasteiger partial charge is 0.264 e. The second kappa shape index (κ2) is 5.49. The lowest BCUT2D eigenvalue weighted by molar-refractivity contribution is 0.316. The summed E-state index contributed by atoms with van der Waals surface area (Å²) in [4.78, 5) is 0. The number of rotatable bonds is 5. The molecule has 0 atom stereocenters. The maximum absolute atomic E-state index is 10.6. The number of halogens is 1. The first-order chi connectivity index (χ1) is 6.97. The van der Waals surface area contributed by atoms with E-state index in [1.165, 1.54) is 0 Å². The van der Waals surface area contributed by atoms with Crippen molar-refractivity contribution in [2.75, 3.05) is 12.9 Å². The summed E-state index contributed by atoms with van der Waals surface area (Å²) in [7, 11) is -3.31. The molecule has 0 aromatic heterocycles. The van der Waals surface area contributed by atoms with Gasteiger partial charge < -0.3 is 0 Å². The van der Waals surface area contributed by atoms with Gasteiger partial charge in [-0.15, -0.1) is 0 Å². The lowest BCUT2D eigenvalue weighted by atomic mass is 10.1. The molecule has 3 nitrogen and oxygen atoms in total. The summed E-state index contributed by atoms with van der Waals surface area (Å²) >= 11 is 5.73. The minimum Gasteiger partial charge on any atom is -0.270 e. The van der Waals surface area contributed by atoms with Crippen molar-refractivity contribution < 1.29 is 12.6 Å². The average Bonchev–Trinajstić information content (AvgIpc) is 2.14. The monoisotopic (exact) mass is 248 g/mol. The molecule has 0 unspecified atom stereocenters. The van der Waals surface area contributed by atoms with Crippen LogP contribution in [0.25, 0.3) is 0 Å². The average molecular weight is 249 g/mol. The van der Waals surface area contributed by atoms with Gasteiger partial charge in [-0.1, -0.05) is 23.7 Å². The Kier molecular flexibility index (Phi) is 4.57. The molecule has 0 fully saturated rings. The van der Waals surface area contributed by atoms with Crippen molar-refractivity contribution in [2.45, 2.75) is 12.8 Å². The number of hydrogen-bond acceptors (Lipinski definition) is 3. The van der Waals surface area contributed by atoms with Crippen molar-refractivity contribution in [1.82, 2.24) is 0 Å². The van der Waals surface area contributed by atoms with Gasteiger partial charge in [-0.2, -0.15) is 8.42 Å². The molecule has 0 saturated carbocycles. The van der Waals surface area contributed by atoms with Gasteiger partial charge in [-0.3, -0.25) is 4.18 Å². The molecule has 0 spiro atoms. The van der Waals surface area contributed by atoms with E-state index in [1.54, 1.807) is 0 Å². The molecule has 5 heteroatoms. The van der Waals surface area contributed by atoms with Crippen LogP contribution in [0.4, 0.5) is 0 Å². The van der Waals surface area contributed by atoms with Gasteiger partial charge in [-0.05, 0) is 30.5 Å². The molecule has 0 aliphatic carbocycles. The Hall–Kier alpha value is -0.580. The third kappa shape index (κ3) is 5.77. The van der Waals surface area contributed by atoms with Crippen LogP contribution in [-0.4, -0.2) is 21.3 Å². The van der Waals surface area contributed by atoms with E-state index in [-0.39, 0.29) is 6.61 Å². The second-order valence-electron chi connectivity index (χ2n) is 3.26. The van der Waals surface area contributed by atoms with E-state index >= 15 is 0 Å². The summed E-state index contributed by atoms with van der Waals surface area (Å²) in [6.07, 6.45) is 2.51. The van der Waals surface area contributed by atoms with Crippen LogP contribution in [0.2, 0.25) is 5.02 Å². The maximum atomic E-state index is 10.6. The molecule has 1 aromatic rings. The highest BCUT2D eigenvalue weighted by molar-refractivity contribution is 7.85. The molecule has 15 heavy (non-hydrogen) atoms. The molecule has 84 valence electrons. The van der Waals surface area contributed by atoms with Gasteiger partial charge in [-0.25, -0.2) is 0 Å². The summed E-state index contributed by atoms with van der Waals surface area (Å²) in [5.74, 6) is 0. The summed E-state index contributed by atoms with van der Waals surface area (Å²) in [5.41, 5.74) is 1.12. The molecular formula is C10H13ClO3S. The molecule has 0 heterocycles. The van der Waals surface area contributed by atoms with Crippen LogP contribution in [0.5, 0.6) is 0 Å². The van der Waals surface area contributed by atoms with Crippen LogP contribution in [-0.2, 0) is 20.7 Å². The molecule has 0 radical (unpaired) electrons. The van der Waals surface area contributed by atoms with Crippen molar-refractivity contribution in [1.29, 1.82) is 0 Å². The van der Waals surface area contributed by atoms with E-state index in [2.05, 4.69) is 4.18 Å². The standard InChI is InChI=1S/C10H13ClO3S/c1-15(12,13)14-8-2-3-9-4-6-10(11)7-5-9/h4-7H,2-3,8H2,1H3. The van der Waals surface area contributed by atoms with Gasteiger partial charge in [0, 0.05) is 5.02 Å². The van der Waals surface area contributed by atoms with Gasteiger partial charge in [0.25, 0.3) is 10.1 Å². The predicted molar refractivity (Wildman–Crippen MR) is 60.6 cm³/mol. The van der Waals surface area contributed by atoms with Gasteiger partial charge in [0.15, 0.2) is 0 Å². The highest BCUT2D eigenvalue weighted by Crippen LogP contribution is 2.10. The van der Waals surface area contributed by atoms with Crippen LogP contribution >= 0.6 is 11.6 Å². The largest absolute Gasteiger partial charge is 0.270 e. The Bertz CT molecular complexity index is 397. The van der Waals surface area contributed by atoms with E-state index in [1.807, 2.05) is 24.3 Å². The van der Waals surface area contributed by atoms with Crippen LogP contribution in [0, 0.1) is 0 Å². The molecule has 1 rings (SSSR count). The Morgan fingerprint density at radius 3 is 2.40 bits per heavy atom. The van der Waals surface area contributed by atoms with Crippen molar-refractivity contribution in [3.63, 3.8) is 0 Å². The number of hydrogen-bond donors (Lipinski definition) is 0. The molecular weight excluding hydrogens is 236 g/mol. The van der Waals surface area contributed by atoms with E-state index in [4.69, 9.17) is 11.6 Å². The molecule has 0 aliphatic rings. The Balaban J connectivity index is 2.29.